The Morgan fingerprint density at radius 1 is 1.21 bits per heavy atom. The summed E-state index contributed by atoms with van der Waals surface area (Å²) >= 11 is 0. The minimum absolute atomic E-state index is 0.0911. The Bertz CT molecular complexity index is 311. The molecule has 0 bridgehead atoms. The number of hydrogen-bond donors (Lipinski definition) is 2. The van der Waals surface area contributed by atoms with Gasteiger partial charge in [0.15, 0.2) is 0 Å². The second-order valence-electron chi connectivity index (χ2n) is 2.80. The molecule has 0 aromatic carbocycles. The molecule has 0 atom stereocenters. The third-order valence-corrected chi connectivity index (χ3v) is 1.69. The predicted molar refractivity (Wildman–Crippen MR) is 57.6 cm³/mol. The van der Waals surface area contributed by atoms with Crippen LogP contribution in [0.4, 0.5) is 0 Å². The van der Waals surface area contributed by atoms with E-state index in [0.29, 0.717) is 18.7 Å². The Morgan fingerprint density at radius 3 is 2.71 bits per heavy atom. The molecule has 0 aromatic rings. The summed E-state index contributed by atoms with van der Waals surface area (Å²) in [5, 5.41) is 2.71. The minimum Gasteiger partial charge on any atom is -0.351 e. The first-order valence-electron chi connectivity index (χ1n) is 4.54. The molecule has 0 spiro atoms. The standard InChI is InChI=1S/C11H14N2O/c12-8-9-13-11(14)10-6-4-2-1-3-5-7-10/h1-7H,8-9,12H2,(H,13,14)/b2-1-,3-1?,4-2?,5-3-,6-4-,7-5?,10-6?,10-7+. The van der Waals surface area contributed by atoms with Crippen molar-refractivity contribution in [2.24, 2.45) is 5.73 Å². The van der Waals surface area contributed by atoms with Crippen molar-refractivity contribution in [2.75, 3.05) is 13.1 Å². The zero-order valence-corrected chi connectivity index (χ0v) is 7.94. The number of carbonyl (C=O) groups is 1. The molecule has 0 saturated carbocycles. The number of carbonyl (C=O) groups excluding carboxylic acids is 1. The number of nitrogens with two attached hydrogens (primary N) is 1. The van der Waals surface area contributed by atoms with Gasteiger partial charge in [0.25, 0.3) is 5.91 Å². The maximum absolute atomic E-state index is 11.5. The van der Waals surface area contributed by atoms with Crippen molar-refractivity contribution in [3.05, 3.63) is 48.1 Å². The molecule has 14 heavy (non-hydrogen) atoms. The van der Waals surface area contributed by atoms with E-state index >= 15 is 0 Å². The molecule has 0 aromatic heterocycles. The van der Waals surface area contributed by atoms with Crippen LogP contribution >= 0.6 is 0 Å². The molecule has 74 valence electrons. The quantitative estimate of drug-likeness (QED) is 0.687. The molecule has 0 fully saturated rings. The fourth-order valence-corrected chi connectivity index (χ4v) is 1.01. The summed E-state index contributed by atoms with van der Waals surface area (Å²) in [5.41, 5.74) is 5.92. The van der Waals surface area contributed by atoms with Gasteiger partial charge in [0.05, 0.1) is 0 Å². The highest BCUT2D eigenvalue weighted by Crippen LogP contribution is 2.01. The average Bonchev–Trinajstić information content (AvgIpc) is 2.13. The van der Waals surface area contributed by atoms with E-state index in [1.807, 2.05) is 30.4 Å². The molecule has 3 N–H and O–H groups in total. The normalized spacial score (nSPS) is 25.1. The van der Waals surface area contributed by atoms with Crippen molar-refractivity contribution in [3.8, 4) is 0 Å². The molecule has 0 heterocycles. The van der Waals surface area contributed by atoms with Gasteiger partial charge in [-0.2, -0.15) is 0 Å². The van der Waals surface area contributed by atoms with Gasteiger partial charge in [0.1, 0.15) is 0 Å². The van der Waals surface area contributed by atoms with Crippen LogP contribution in [-0.4, -0.2) is 19.0 Å². The Morgan fingerprint density at radius 2 is 1.93 bits per heavy atom. The molecular weight excluding hydrogens is 176 g/mol. The molecule has 1 aliphatic rings. The van der Waals surface area contributed by atoms with Crippen LogP contribution in [0, 0.1) is 0 Å². The highest BCUT2D eigenvalue weighted by atomic mass is 16.1. The minimum atomic E-state index is -0.0911. The maximum Gasteiger partial charge on any atom is 0.251 e. The number of nitrogens with one attached hydrogen (secondary N) is 1. The first-order valence-corrected chi connectivity index (χ1v) is 4.54. The largest absolute Gasteiger partial charge is 0.351 e. The van der Waals surface area contributed by atoms with E-state index in [1.165, 1.54) is 0 Å². The van der Waals surface area contributed by atoms with Crippen molar-refractivity contribution >= 4 is 5.91 Å². The second-order valence-corrected chi connectivity index (χ2v) is 2.80. The van der Waals surface area contributed by atoms with Gasteiger partial charge in [-0.3, -0.25) is 4.79 Å². The molecule has 1 rings (SSSR count). The maximum atomic E-state index is 11.5. The lowest BCUT2D eigenvalue weighted by atomic mass is 10.1. The molecule has 0 aliphatic heterocycles. The summed E-state index contributed by atoms with van der Waals surface area (Å²) < 4.78 is 0. The van der Waals surface area contributed by atoms with Gasteiger partial charge in [0, 0.05) is 18.7 Å². The van der Waals surface area contributed by atoms with Crippen molar-refractivity contribution in [3.63, 3.8) is 0 Å². The summed E-state index contributed by atoms with van der Waals surface area (Å²) in [7, 11) is 0. The Kier molecular flexibility index (Phi) is 4.44. The number of rotatable bonds is 3. The van der Waals surface area contributed by atoms with Crippen LogP contribution < -0.4 is 11.1 Å². The van der Waals surface area contributed by atoms with Gasteiger partial charge in [-0.15, -0.1) is 0 Å². The van der Waals surface area contributed by atoms with E-state index in [0.717, 1.165) is 0 Å². The molecule has 0 unspecified atom stereocenters. The third-order valence-electron chi connectivity index (χ3n) is 1.69. The lowest BCUT2D eigenvalue weighted by Gasteiger charge is -2.03. The fourth-order valence-electron chi connectivity index (χ4n) is 1.01. The van der Waals surface area contributed by atoms with Crippen molar-refractivity contribution in [1.29, 1.82) is 0 Å². The summed E-state index contributed by atoms with van der Waals surface area (Å²) in [4.78, 5) is 11.5. The molecule has 3 heteroatoms. The summed E-state index contributed by atoms with van der Waals surface area (Å²) in [6, 6.07) is 0. The van der Waals surface area contributed by atoms with Crippen LogP contribution in [0.1, 0.15) is 0 Å². The van der Waals surface area contributed by atoms with Gasteiger partial charge in [-0.05, 0) is 12.2 Å². The SMILES string of the molecule is NCCNC(=O)C1=C/C=C\C=C/C=C\1. The van der Waals surface area contributed by atoms with E-state index in [2.05, 4.69) is 5.32 Å². The number of allylic oxidation sites excluding steroid dienone is 6. The summed E-state index contributed by atoms with van der Waals surface area (Å²) in [6.45, 7) is 0.960. The molecule has 1 amide bonds. The van der Waals surface area contributed by atoms with Crippen LogP contribution in [0.15, 0.2) is 48.1 Å². The summed E-state index contributed by atoms with van der Waals surface area (Å²) in [6.07, 6.45) is 12.9. The topological polar surface area (TPSA) is 55.1 Å². The van der Waals surface area contributed by atoms with E-state index in [1.54, 1.807) is 12.2 Å². The lowest BCUT2D eigenvalue weighted by Crippen LogP contribution is -2.29. The third kappa shape index (κ3) is 3.41. The van der Waals surface area contributed by atoms with E-state index < -0.39 is 0 Å². The van der Waals surface area contributed by atoms with E-state index in [9.17, 15) is 4.79 Å². The van der Waals surface area contributed by atoms with Gasteiger partial charge in [-0.1, -0.05) is 30.4 Å². The van der Waals surface area contributed by atoms with Crippen molar-refractivity contribution in [1.82, 2.24) is 5.32 Å². The number of hydrogen-bond acceptors (Lipinski definition) is 2. The molecule has 0 radical (unpaired) electrons. The molecular formula is C11H14N2O. The van der Waals surface area contributed by atoms with Crippen molar-refractivity contribution in [2.45, 2.75) is 0 Å². The average molecular weight is 190 g/mol. The van der Waals surface area contributed by atoms with E-state index in [4.69, 9.17) is 5.73 Å². The van der Waals surface area contributed by atoms with Crippen molar-refractivity contribution < 1.29 is 4.79 Å². The Labute approximate surface area is 83.7 Å². The monoisotopic (exact) mass is 190 g/mol. The molecule has 0 saturated heterocycles. The fraction of sp³-hybridized carbons (Fsp3) is 0.182. The highest BCUT2D eigenvalue weighted by Gasteiger charge is 2.03. The van der Waals surface area contributed by atoms with Gasteiger partial charge in [0.2, 0.25) is 0 Å². The molecule has 1 aliphatic carbocycles. The zero-order valence-electron chi connectivity index (χ0n) is 7.94. The Hall–Kier alpha value is -1.61. The second kappa shape index (κ2) is 5.94. The lowest BCUT2D eigenvalue weighted by molar-refractivity contribution is -0.117. The summed E-state index contributed by atoms with van der Waals surface area (Å²) in [5.74, 6) is -0.0911. The smallest absolute Gasteiger partial charge is 0.251 e. The van der Waals surface area contributed by atoms with E-state index in [-0.39, 0.29) is 5.91 Å². The van der Waals surface area contributed by atoms with Crippen LogP contribution in [0.2, 0.25) is 0 Å². The zero-order chi connectivity index (χ0) is 10.2. The predicted octanol–water partition coefficient (Wildman–Crippen LogP) is 0.670. The van der Waals surface area contributed by atoms with Gasteiger partial charge in [-0.25, -0.2) is 0 Å². The van der Waals surface area contributed by atoms with Crippen LogP contribution in [0.25, 0.3) is 0 Å². The molecule has 3 nitrogen and oxygen atoms in total. The van der Waals surface area contributed by atoms with Gasteiger partial charge >= 0.3 is 0 Å². The first-order chi connectivity index (χ1) is 6.84. The van der Waals surface area contributed by atoms with Crippen LogP contribution in [0.5, 0.6) is 0 Å². The van der Waals surface area contributed by atoms with Gasteiger partial charge < -0.3 is 11.1 Å². The Balaban J connectivity index is 2.61. The van der Waals surface area contributed by atoms with Crippen LogP contribution in [-0.2, 0) is 4.79 Å². The van der Waals surface area contributed by atoms with Crippen LogP contribution in [0.3, 0.4) is 0 Å². The number of amides is 1. The highest BCUT2D eigenvalue weighted by molar-refractivity contribution is 5.96. The first kappa shape index (κ1) is 10.5.